The van der Waals surface area contributed by atoms with E-state index >= 15 is 0 Å². The van der Waals surface area contributed by atoms with Crippen molar-refractivity contribution >= 4 is 0 Å². The molecule has 1 aromatic heterocycles. The number of aryl methyl sites for hydroxylation is 1. The maximum Gasteiger partial charge on any atom is 0.232 e. The molecule has 0 atom stereocenters. The van der Waals surface area contributed by atoms with E-state index in [1.165, 1.54) is 44.1 Å². The molecule has 0 aliphatic carbocycles. The SMILES string of the molecule is CCCCCCCCc1ccc(COc2cnc(-c3ccc(OCCCC)cc3)cn2)cc1. The van der Waals surface area contributed by atoms with E-state index in [0.717, 1.165) is 48.4 Å². The van der Waals surface area contributed by atoms with Crippen molar-refractivity contribution in [2.45, 2.75) is 78.2 Å². The third-order valence-corrected chi connectivity index (χ3v) is 5.77. The molecule has 0 N–H and O–H groups in total. The Morgan fingerprint density at radius 3 is 2.03 bits per heavy atom. The summed E-state index contributed by atoms with van der Waals surface area (Å²) in [7, 11) is 0. The van der Waals surface area contributed by atoms with E-state index in [1.54, 1.807) is 12.4 Å². The van der Waals surface area contributed by atoms with Gasteiger partial charge in [0.25, 0.3) is 0 Å². The van der Waals surface area contributed by atoms with E-state index in [2.05, 4.69) is 48.1 Å². The Kier molecular flexibility index (Phi) is 10.7. The van der Waals surface area contributed by atoms with E-state index in [4.69, 9.17) is 9.47 Å². The van der Waals surface area contributed by atoms with Gasteiger partial charge < -0.3 is 9.47 Å². The van der Waals surface area contributed by atoms with E-state index in [-0.39, 0.29) is 0 Å². The topological polar surface area (TPSA) is 44.2 Å². The minimum Gasteiger partial charge on any atom is -0.494 e. The number of aromatic nitrogens is 2. The summed E-state index contributed by atoms with van der Waals surface area (Å²) in [5, 5.41) is 0. The van der Waals surface area contributed by atoms with Crippen LogP contribution in [0.15, 0.2) is 60.9 Å². The second kappa shape index (κ2) is 14.3. The lowest BCUT2D eigenvalue weighted by Crippen LogP contribution is -1.99. The Labute approximate surface area is 199 Å². The van der Waals surface area contributed by atoms with E-state index in [0.29, 0.717) is 12.5 Å². The summed E-state index contributed by atoms with van der Waals surface area (Å²) in [6.45, 7) is 5.67. The number of nitrogens with zero attached hydrogens (tertiary/aromatic N) is 2. The smallest absolute Gasteiger partial charge is 0.232 e. The van der Waals surface area contributed by atoms with Crippen LogP contribution in [0.25, 0.3) is 11.3 Å². The van der Waals surface area contributed by atoms with Crippen molar-refractivity contribution in [1.82, 2.24) is 9.97 Å². The fourth-order valence-electron chi connectivity index (χ4n) is 3.66. The molecule has 0 aliphatic heterocycles. The van der Waals surface area contributed by atoms with Crippen molar-refractivity contribution in [2.75, 3.05) is 6.61 Å². The van der Waals surface area contributed by atoms with Gasteiger partial charge in [0.05, 0.1) is 24.7 Å². The molecule has 2 aromatic carbocycles. The number of hydrogen-bond donors (Lipinski definition) is 0. The quantitative estimate of drug-likeness (QED) is 0.223. The van der Waals surface area contributed by atoms with E-state index in [9.17, 15) is 0 Å². The molecule has 176 valence electrons. The van der Waals surface area contributed by atoms with Crippen molar-refractivity contribution in [3.8, 4) is 22.9 Å². The summed E-state index contributed by atoms with van der Waals surface area (Å²) in [5.74, 6) is 1.42. The van der Waals surface area contributed by atoms with Gasteiger partial charge in [0.15, 0.2) is 0 Å². The van der Waals surface area contributed by atoms with Crippen LogP contribution in [0.4, 0.5) is 0 Å². The largest absolute Gasteiger partial charge is 0.494 e. The Hall–Kier alpha value is -2.88. The molecule has 0 radical (unpaired) electrons. The van der Waals surface area contributed by atoms with Gasteiger partial charge in [-0.25, -0.2) is 9.97 Å². The van der Waals surface area contributed by atoms with Crippen molar-refractivity contribution in [2.24, 2.45) is 0 Å². The molecule has 0 fully saturated rings. The summed E-state index contributed by atoms with van der Waals surface area (Å²) in [5.41, 5.74) is 4.38. The number of hydrogen-bond acceptors (Lipinski definition) is 4. The van der Waals surface area contributed by atoms with Crippen LogP contribution in [0.1, 0.15) is 76.3 Å². The standard InChI is InChI=1S/C29H38N2O2/c1-3-5-7-8-9-10-11-24-12-14-25(15-13-24)23-33-29-22-30-28(21-31-29)26-16-18-27(19-17-26)32-20-6-4-2/h12-19,21-22H,3-11,20,23H2,1-2H3. The van der Waals surface area contributed by atoms with Crippen molar-refractivity contribution in [3.63, 3.8) is 0 Å². The van der Waals surface area contributed by atoms with Gasteiger partial charge in [-0.15, -0.1) is 0 Å². The minimum atomic E-state index is 0.495. The summed E-state index contributed by atoms with van der Waals surface area (Å²) in [4.78, 5) is 8.94. The normalized spacial score (nSPS) is 10.8. The summed E-state index contributed by atoms with van der Waals surface area (Å²) < 4.78 is 11.6. The van der Waals surface area contributed by atoms with Crippen molar-refractivity contribution in [1.29, 1.82) is 0 Å². The number of unbranched alkanes of at least 4 members (excludes halogenated alkanes) is 6. The molecule has 0 aliphatic rings. The minimum absolute atomic E-state index is 0.495. The average molecular weight is 447 g/mol. The molecule has 0 saturated carbocycles. The van der Waals surface area contributed by atoms with Gasteiger partial charge in [0.2, 0.25) is 5.88 Å². The van der Waals surface area contributed by atoms with Crippen LogP contribution in [-0.2, 0) is 13.0 Å². The Morgan fingerprint density at radius 1 is 0.636 bits per heavy atom. The van der Waals surface area contributed by atoms with E-state index < -0.39 is 0 Å². The molecule has 3 rings (SSSR count). The van der Waals surface area contributed by atoms with Gasteiger partial charge in [0.1, 0.15) is 12.4 Å². The first-order valence-electron chi connectivity index (χ1n) is 12.5. The first-order valence-corrected chi connectivity index (χ1v) is 12.5. The van der Waals surface area contributed by atoms with Gasteiger partial charge in [-0.1, -0.05) is 76.6 Å². The van der Waals surface area contributed by atoms with Crippen LogP contribution in [-0.4, -0.2) is 16.6 Å². The average Bonchev–Trinajstić information content (AvgIpc) is 2.86. The molecule has 1 heterocycles. The third-order valence-electron chi connectivity index (χ3n) is 5.77. The predicted molar refractivity (Wildman–Crippen MR) is 136 cm³/mol. The zero-order valence-electron chi connectivity index (χ0n) is 20.3. The molecule has 33 heavy (non-hydrogen) atoms. The van der Waals surface area contributed by atoms with Crippen LogP contribution in [0, 0.1) is 0 Å². The lowest BCUT2D eigenvalue weighted by molar-refractivity contribution is 0.292. The first-order chi connectivity index (χ1) is 16.3. The van der Waals surface area contributed by atoms with Crippen LogP contribution in [0.2, 0.25) is 0 Å². The molecule has 0 spiro atoms. The van der Waals surface area contributed by atoms with Gasteiger partial charge in [0, 0.05) is 5.56 Å². The van der Waals surface area contributed by atoms with Crippen LogP contribution >= 0.6 is 0 Å². The number of ether oxygens (including phenoxy) is 2. The Bertz CT molecular complexity index is 906. The van der Waals surface area contributed by atoms with Crippen LogP contribution in [0.3, 0.4) is 0 Å². The van der Waals surface area contributed by atoms with Crippen LogP contribution < -0.4 is 9.47 Å². The third kappa shape index (κ3) is 8.88. The molecule has 3 aromatic rings. The van der Waals surface area contributed by atoms with Gasteiger partial charge in [-0.2, -0.15) is 0 Å². The highest BCUT2D eigenvalue weighted by Gasteiger charge is 2.04. The molecule has 4 nitrogen and oxygen atoms in total. The number of rotatable bonds is 15. The fourth-order valence-corrected chi connectivity index (χ4v) is 3.66. The molecule has 0 bridgehead atoms. The maximum atomic E-state index is 5.84. The molecule has 4 heteroatoms. The molecular formula is C29H38N2O2. The van der Waals surface area contributed by atoms with Gasteiger partial charge in [-0.05, 0) is 54.7 Å². The fraction of sp³-hybridized carbons (Fsp3) is 0.448. The second-order valence-corrected chi connectivity index (χ2v) is 8.59. The Morgan fingerprint density at radius 2 is 1.33 bits per heavy atom. The Balaban J connectivity index is 1.42. The molecule has 0 unspecified atom stereocenters. The highest BCUT2D eigenvalue weighted by molar-refractivity contribution is 5.59. The molecule has 0 saturated heterocycles. The lowest BCUT2D eigenvalue weighted by atomic mass is 10.0. The molecular weight excluding hydrogens is 408 g/mol. The highest BCUT2D eigenvalue weighted by atomic mass is 16.5. The summed E-state index contributed by atoms with van der Waals surface area (Å²) in [6.07, 6.45) is 14.8. The first kappa shape index (κ1) is 24.8. The maximum absolute atomic E-state index is 5.84. The zero-order valence-corrected chi connectivity index (χ0v) is 20.3. The monoisotopic (exact) mass is 446 g/mol. The van der Waals surface area contributed by atoms with Gasteiger partial charge >= 0.3 is 0 Å². The zero-order chi connectivity index (χ0) is 23.1. The highest BCUT2D eigenvalue weighted by Crippen LogP contribution is 2.21. The second-order valence-electron chi connectivity index (χ2n) is 8.59. The summed E-state index contributed by atoms with van der Waals surface area (Å²) in [6, 6.07) is 16.7. The van der Waals surface area contributed by atoms with Crippen LogP contribution in [0.5, 0.6) is 11.6 Å². The van der Waals surface area contributed by atoms with Crippen molar-refractivity contribution in [3.05, 3.63) is 72.1 Å². The summed E-state index contributed by atoms with van der Waals surface area (Å²) >= 11 is 0. The lowest BCUT2D eigenvalue weighted by Gasteiger charge is -2.08. The molecule has 0 amide bonds. The predicted octanol–water partition coefficient (Wildman–Crippen LogP) is 7.80. The van der Waals surface area contributed by atoms with Crippen molar-refractivity contribution < 1.29 is 9.47 Å². The number of benzene rings is 2. The van der Waals surface area contributed by atoms with E-state index in [1.807, 2.05) is 24.3 Å². The van der Waals surface area contributed by atoms with Gasteiger partial charge in [-0.3, -0.25) is 0 Å².